The Bertz CT molecular complexity index is 1370. The van der Waals surface area contributed by atoms with Gasteiger partial charge in [-0.05, 0) is 115 Å². The first-order valence-electron chi connectivity index (χ1n) is 17.5. The minimum absolute atomic E-state index is 0.0407. The first-order valence-corrected chi connectivity index (χ1v) is 17.5. The van der Waals surface area contributed by atoms with Gasteiger partial charge in [0, 0.05) is 11.8 Å². The van der Waals surface area contributed by atoms with Gasteiger partial charge in [0.2, 0.25) is 0 Å². The van der Waals surface area contributed by atoms with E-state index in [0.717, 1.165) is 65.3 Å². The summed E-state index contributed by atoms with van der Waals surface area (Å²) in [5.41, 5.74) is 3.10. The summed E-state index contributed by atoms with van der Waals surface area (Å²) < 4.78 is 6.07. The highest BCUT2D eigenvalue weighted by Gasteiger charge is 2.59. The molecule has 0 unspecified atom stereocenters. The molecule has 2 aromatic carbocycles. The second kappa shape index (κ2) is 12.1. The molecule has 0 heterocycles. The maximum absolute atomic E-state index is 13.0. The normalized spacial score (nSPS) is 35.1. The lowest BCUT2D eigenvalue weighted by atomic mass is 9.47. The Morgan fingerprint density at radius 1 is 0.977 bits per heavy atom. The molecular weight excluding hydrogens is 526 g/mol. The van der Waals surface area contributed by atoms with Gasteiger partial charge in [0.1, 0.15) is 6.10 Å². The van der Waals surface area contributed by atoms with E-state index in [4.69, 9.17) is 4.74 Å². The van der Waals surface area contributed by atoms with Crippen LogP contribution in [0.5, 0.6) is 0 Å². The zero-order valence-corrected chi connectivity index (χ0v) is 27.6. The molecule has 0 radical (unpaired) electrons. The quantitative estimate of drug-likeness (QED) is 0.330. The van der Waals surface area contributed by atoms with Crippen LogP contribution in [0.1, 0.15) is 99.3 Å². The Hall–Kier alpha value is -2.55. The second-order valence-electron chi connectivity index (χ2n) is 15.5. The second-order valence-corrected chi connectivity index (χ2v) is 15.5. The fourth-order valence-electron chi connectivity index (χ4n) is 10.5. The lowest BCUT2D eigenvalue weighted by Crippen LogP contribution is -2.51. The summed E-state index contributed by atoms with van der Waals surface area (Å²) in [7, 11) is 0. The number of allylic oxidation sites excluding steroid dienone is 3. The van der Waals surface area contributed by atoms with Gasteiger partial charge in [0.25, 0.3) is 0 Å². The fraction of sp³-hybridized carbons (Fsp3) is 0.625. The van der Waals surface area contributed by atoms with Crippen molar-refractivity contribution < 1.29 is 9.53 Å². The molecule has 0 bridgehead atoms. The average Bonchev–Trinajstić information content (AvgIpc) is 3.35. The number of amides is 1. The van der Waals surface area contributed by atoms with Crippen molar-refractivity contribution in [1.29, 1.82) is 0 Å². The Balaban J connectivity index is 1.11. The average molecular weight is 582 g/mol. The summed E-state index contributed by atoms with van der Waals surface area (Å²) in [6, 6.07) is 14.2. The minimum atomic E-state index is -0.327. The van der Waals surface area contributed by atoms with Gasteiger partial charge < -0.3 is 4.74 Å². The third-order valence-corrected chi connectivity index (χ3v) is 13.1. The Morgan fingerprint density at radius 3 is 2.56 bits per heavy atom. The number of nitrogens with one attached hydrogen (secondary N) is 1. The fourth-order valence-corrected chi connectivity index (χ4v) is 10.5. The number of hydrogen-bond acceptors (Lipinski definition) is 2. The predicted octanol–water partition coefficient (Wildman–Crippen LogP) is 11.2. The van der Waals surface area contributed by atoms with Gasteiger partial charge in [-0.2, -0.15) is 0 Å². The van der Waals surface area contributed by atoms with Crippen molar-refractivity contribution in [3.8, 4) is 0 Å². The number of carbonyl (C=O) groups is 1. The molecule has 232 valence electrons. The molecule has 0 spiro atoms. The van der Waals surface area contributed by atoms with E-state index in [2.05, 4.69) is 77.2 Å². The number of benzene rings is 2. The summed E-state index contributed by atoms with van der Waals surface area (Å²) in [6.07, 6.45) is 18.3. The van der Waals surface area contributed by atoms with Gasteiger partial charge in [-0.15, -0.1) is 0 Å². The molecule has 3 heteroatoms. The van der Waals surface area contributed by atoms with E-state index < -0.39 is 0 Å². The van der Waals surface area contributed by atoms with Crippen molar-refractivity contribution >= 4 is 22.6 Å². The van der Waals surface area contributed by atoms with Crippen LogP contribution in [0.2, 0.25) is 0 Å². The van der Waals surface area contributed by atoms with Crippen molar-refractivity contribution in [2.45, 2.75) is 105 Å². The highest BCUT2D eigenvalue weighted by atomic mass is 16.6. The van der Waals surface area contributed by atoms with Gasteiger partial charge >= 0.3 is 6.09 Å². The van der Waals surface area contributed by atoms with E-state index in [1.165, 1.54) is 38.5 Å². The monoisotopic (exact) mass is 581 g/mol. The van der Waals surface area contributed by atoms with E-state index >= 15 is 0 Å². The molecule has 43 heavy (non-hydrogen) atoms. The van der Waals surface area contributed by atoms with E-state index in [1.807, 2.05) is 30.3 Å². The van der Waals surface area contributed by atoms with Gasteiger partial charge in [-0.25, -0.2) is 4.79 Å². The standard InChI is InChI=1S/C40H55NO2/c1-7-28(26(2)3)16-15-27(4)34-19-20-35-33-18-17-30-25-31(21-23-39(30,5)36(33)22-24-40(34,35)6)43-38(42)41-37-14-10-12-29-11-8-9-13-32(29)37/h8-17,26-28,31,33-36H,7,18-25H2,1-6H3,(H,41,42)/b16-15-/t27-,28+,31+,33+,34-,35+,36+,39+,40-/m1/s1. The van der Waals surface area contributed by atoms with E-state index in [1.54, 1.807) is 5.57 Å². The largest absolute Gasteiger partial charge is 0.446 e. The smallest absolute Gasteiger partial charge is 0.411 e. The number of rotatable bonds is 7. The summed E-state index contributed by atoms with van der Waals surface area (Å²) in [4.78, 5) is 13.0. The lowest BCUT2D eigenvalue weighted by Gasteiger charge is -2.58. The third kappa shape index (κ3) is 5.59. The number of anilines is 1. The van der Waals surface area contributed by atoms with Gasteiger partial charge in [-0.1, -0.05) is 102 Å². The maximum Gasteiger partial charge on any atom is 0.411 e. The van der Waals surface area contributed by atoms with Crippen molar-refractivity contribution in [2.75, 3.05) is 5.32 Å². The first kappa shape index (κ1) is 30.5. The zero-order valence-electron chi connectivity index (χ0n) is 27.6. The highest BCUT2D eigenvalue weighted by molar-refractivity contribution is 6.00. The number of carbonyl (C=O) groups excluding carboxylic acids is 1. The zero-order chi connectivity index (χ0) is 30.4. The van der Waals surface area contributed by atoms with Crippen LogP contribution in [0.4, 0.5) is 10.5 Å². The summed E-state index contributed by atoms with van der Waals surface area (Å²) in [6.45, 7) is 14.8. The topological polar surface area (TPSA) is 38.3 Å². The van der Waals surface area contributed by atoms with Crippen LogP contribution in [0.3, 0.4) is 0 Å². The summed E-state index contributed by atoms with van der Waals surface area (Å²) >= 11 is 0. The number of ether oxygens (including phenoxy) is 1. The molecule has 0 saturated heterocycles. The van der Waals surface area contributed by atoms with Crippen LogP contribution in [0.15, 0.2) is 66.3 Å². The predicted molar refractivity (Wildman–Crippen MR) is 180 cm³/mol. The third-order valence-electron chi connectivity index (χ3n) is 13.1. The van der Waals surface area contributed by atoms with Crippen molar-refractivity contribution in [3.63, 3.8) is 0 Å². The van der Waals surface area contributed by atoms with Crippen LogP contribution in [0, 0.1) is 52.3 Å². The summed E-state index contributed by atoms with van der Waals surface area (Å²) in [5, 5.41) is 5.21. The molecule has 2 aromatic rings. The molecule has 1 amide bonds. The van der Waals surface area contributed by atoms with Crippen LogP contribution < -0.4 is 5.32 Å². The first-order chi connectivity index (χ1) is 20.6. The lowest BCUT2D eigenvalue weighted by molar-refractivity contribution is -0.0545. The van der Waals surface area contributed by atoms with E-state index in [0.29, 0.717) is 17.3 Å². The molecule has 9 atom stereocenters. The van der Waals surface area contributed by atoms with E-state index in [9.17, 15) is 4.79 Å². The van der Waals surface area contributed by atoms with Gasteiger partial charge in [-0.3, -0.25) is 5.32 Å². The molecule has 4 aliphatic carbocycles. The van der Waals surface area contributed by atoms with E-state index in [-0.39, 0.29) is 17.6 Å². The molecule has 4 aliphatic rings. The Kier molecular flexibility index (Phi) is 8.57. The Labute approximate surface area is 260 Å². The van der Waals surface area contributed by atoms with Gasteiger partial charge in [0.05, 0.1) is 5.69 Å². The molecule has 3 saturated carbocycles. The number of hydrogen-bond donors (Lipinski definition) is 1. The Morgan fingerprint density at radius 2 is 1.77 bits per heavy atom. The highest BCUT2D eigenvalue weighted by Crippen LogP contribution is 2.67. The van der Waals surface area contributed by atoms with Crippen molar-refractivity contribution in [2.24, 2.45) is 52.3 Å². The number of fused-ring (bicyclic) bond motifs is 6. The molecule has 0 aromatic heterocycles. The van der Waals surface area contributed by atoms with Crippen molar-refractivity contribution in [1.82, 2.24) is 0 Å². The van der Waals surface area contributed by atoms with Crippen LogP contribution in [-0.4, -0.2) is 12.2 Å². The molecule has 0 aliphatic heterocycles. The molecule has 6 rings (SSSR count). The molecular formula is C40H55NO2. The van der Waals surface area contributed by atoms with Crippen molar-refractivity contribution in [3.05, 3.63) is 66.3 Å². The van der Waals surface area contributed by atoms with Crippen LogP contribution in [-0.2, 0) is 4.74 Å². The summed E-state index contributed by atoms with van der Waals surface area (Å²) in [5.74, 6) is 5.31. The van der Waals surface area contributed by atoms with Crippen LogP contribution in [0.25, 0.3) is 10.8 Å². The minimum Gasteiger partial charge on any atom is -0.446 e. The molecule has 3 fully saturated rings. The van der Waals surface area contributed by atoms with Gasteiger partial charge in [0.15, 0.2) is 0 Å². The SMILES string of the molecule is CC[C@@H](/C=C\[C@@H](C)[C@H]1CC[C@H]2[C@@H]3CC=C4C[C@@H](OC(=O)Nc5cccc6ccccc56)CC[C@]4(C)[C@H]3CC[C@]12C)C(C)C. The molecule has 1 N–H and O–H groups in total. The maximum atomic E-state index is 13.0. The van der Waals surface area contributed by atoms with Crippen LogP contribution >= 0.6 is 0 Å². The molecule has 3 nitrogen and oxygen atoms in total.